The van der Waals surface area contributed by atoms with E-state index in [1.807, 2.05) is 43.3 Å². The van der Waals surface area contributed by atoms with E-state index in [-0.39, 0.29) is 12.5 Å². The van der Waals surface area contributed by atoms with Crippen LogP contribution in [0.4, 0.5) is 0 Å². The first-order valence-electron chi connectivity index (χ1n) is 6.51. The van der Waals surface area contributed by atoms with E-state index in [1.165, 1.54) is 0 Å². The maximum Gasteiger partial charge on any atom is 0.277 e. The maximum atomic E-state index is 11.6. The van der Waals surface area contributed by atoms with Gasteiger partial charge in [-0.1, -0.05) is 44.0 Å². The Labute approximate surface area is 145 Å². The molecule has 0 unspecified atom stereocenters. The van der Waals surface area contributed by atoms with Crippen molar-refractivity contribution in [1.82, 2.24) is 5.43 Å². The van der Waals surface area contributed by atoms with Gasteiger partial charge in [-0.05, 0) is 48.4 Å². The molecule has 0 heterocycles. The van der Waals surface area contributed by atoms with E-state index in [4.69, 9.17) is 4.74 Å². The number of nitrogens with zero attached hydrogens (tertiary/aromatic N) is 1. The molecule has 1 N–H and O–H groups in total. The smallest absolute Gasteiger partial charge is 0.277 e. The number of halogens is 2. The Morgan fingerprint density at radius 1 is 1.23 bits per heavy atom. The third-order valence-corrected chi connectivity index (χ3v) is 4.19. The van der Waals surface area contributed by atoms with Crippen molar-refractivity contribution >= 4 is 44.0 Å². The first-order valence-corrected chi connectivity index (χ1v) is 8.09. The van der Waals surface area contributed by atoms with Crippen LogP contribution < -0.4 is 10.2 Å². The van der Waals surface area contributed by atoms with E-state index >= 15 is 0 Å². The number of benzene rings is 2. The van der Waals surface area contributed by atoms with Gasteiger partial charge in [0.2, 0.25) is 0 Å². The van der Waals surface area contributed by atoms with Crippen molar-refractivity contribution < 1.29 is 9.53 Å². The van der Waals surface area contributed by atoms with Crippen molar-refractivity contribution in [2.75, 3.05) is 6.61 Å². The van der Waals surface area contributed by atoms with Crippen LogP contribution in [-0.4, -0.2) is 18.7 Å². The number of rotatable bonds is 5. The van der Waals surface area contributed by atoms with Gasteiger partial charge in [0.1, 0.15) is 5.75 Å². The summed E-state index contributed by atoms with van der Waals surface area (Å²) in [5.74, 6) is 0.335. The lowest BCUT2D eigenvalue weighted by Crippen LogP contribution is -2.24. The molecule has 0 atom stereocenters. The fraction of sp³-hybridized carbons (Fsp3) is 0.125. The Bertz CT molecular complexity index is 685. The molecule has 0 aromatic heterocycles. The summed E-state index contributed by atoms with van der Waals surface area (Å²) in [5, 5.41) is 3.89. The average molecular weight is 426 g/mol. The van der Waals surface area contributed by atoms with Gasteiger partial charge in [-0.2, -0.15) is 5.10 Å². The summed E-state index contributed by atoms with van der Waals surface area (Å²) in [5.41, 5.74) is 4.37. The highest BCUT2D eigenvalue weighted by molar-refractivity contribution is 9.10. The molecule has 0 radical (unpaired) electrons. The van der Waals surface area contributed by atoms with Crippen LogP contribution in [0.3, 0.4) is 0 Å². The number of hydrogen-bond acceptors (Lipinski definition) is 3. The molecular formula is C16H14Br2N2O2. The average Bonchev–Trinajstić information content (AvgIpc) is 2.50. The third kappa shape index (κ3) is 5.27. The number of amides is 1. The van der Waals surface area contributed by atoms with Crippen LogP contribution in [-0.2, 0) is 4.79 Å². The van der Waals surface area contributed by atoms with Gasteiger partial charge < -0.3 is 4.74 Å². The van der Waals surface area contributed by atoms with Crippen LogP contribution in [0, 0.1) is 6.92 Å². The summed E-state index contributed by atoms with van der Waals surface area (Å²) >= 11 is 6.77. The molecule has 0 saturated heterocycles. The van der Waals surface area contributed by atoms with Gasteiger partial charge in [0, 0.05) is 8.95 Å². The van der Waals surface area contributed by atoms with Crippen molar-refractivity contribution in [1.29, 1.82) is 0 Å². The number of carbonyl (C=O) groups is 1. The van der Waals surface area contributed by atoms with Crippen LogP contribution in [0.5, 0.6) is 5.75 Å². The maximum absolute atomic E-state index is 11.6. The lowest BCUT2D eigenvalue weighted by molar-refractivity contribution is -0.123. The summed E-state index contributed by atoms with van der Waals surface area (Å²) in [6.45, 7) is 1.87. The molecule has 0 aliphatic carbocycles. The largest absolute Gasteiger partial charge is 0.484 e. The van der Waals surface area contributed by atoms with Crippen molar-refractivity contribution in [3.63, 3.8) is 0 Å². The third-order valence-electron chi connectivity index (χ3n) is 2.77. The lowest BCUT2D eigenvalue weighted by atomic mass is 10.2. The Balaban J connectivity index is 1.80. The van der Waals surface area contributed by atoms with Crippen molar-refractivity contribution in [3.05, 3.63) is 62.5 Å². The summed E-state index contributed by atoms with van der Waals surface area (Å²) in [4.78, 5) is 11.6. The minimum atomic E-state index is -0.311. The van der Waals surface area contributed by atoms with Gasteiger partial charge in [0.25, 0.3) is 5.91 Å². The van der Waals surface area contributed by atoms with Crippen LogP contribution in [0.1, 0.15) is 11.1 Å². The topological polar surface area (TPSA) is 50.7 Å². The molecule has 0 saturated carbocycles. The van der Waals surface area contributed by atoms with Crippen LogP contribution in [0.15, 0.2) is 56.5 Å². The molecule has 2 rings (SSSR count). The van der Waals surface area contributed by atoms with Crippen LogP contribution >= 0.6 is 31.9 Å². The number of hydrogen-bond donors (Lipinski definition) is 1. The number of nitrogens with one attached hydrogen (secondary N) is 1. The van der Waals surface area contributed by atoms with Gasteiger partial charge in [0.15, 0.2) is 6.61 Å². The minimum Gasteiger partial charge on any atom is -0.484 e. The van der Waals surface area contributed by atoms with Gasteiger partial charge in [0.05, 0.1) is 6.21 Å². The monoisotopic (exact) mass is 424 g/mol. The molecule has 4 nitrogen and oxygen atoms in total. The quantitative estimate of drug-likeness (QED) is 0.580. The van der Waals surface area contributed by atoms with E-state index in [0.717, 1.165) is 20.1 Å². The predicted octanol–water partition coefficient (Wildman–Crippen LogP) is 4.05. The zero-order valence-corrected chi connectivity index (χ0v) is 15.0. The SMILES string of the molecule is Cc1cc(OCC(=O)NN=Cc2ccc(Br)cc2)ccc1Br. The van der Waals surface area contributed by atoms with E-state index in [1.54, 1.807) is 12.3 Å². The zero-order chi connectivity index (χ0) is 15.9. The summed E-state index contributed by atoms with van der Waals surface area (Å²) < 4.78 is 7.40. The zero-order valence-electron chi connectivity index (χ0n) is 11.8. The summed E-state index contributed by atoms with van der Waals surface area (Å²) in [7, 11) is 0. The molecule has 0 bridgehead atoms. The van der Waals surface area contributed by atoms with E-state index in [0.29, 0.717) is 5.75 Å². The molecule has 0 aliphatic rings. The second kappa shape index (κ2) is 8.10. The Morgan fingerprint density at radius 2 is 1.95 bits per heavy atom. The second-order valence-corrected chi connectivity index (χ2v) is 6.31. The number of carbonyl (C=O) groups excluding carboxylic acids is 1. The Morgan fingerprint density at radius 3 is 2.64 bits per heavy atom. The number of aryl methyl sites for hydroxylation is 1. The minimum absolute atomic E-state index is 0.0846. The van der Waals surface area contributed by atoms with Crippen molar-refractivity contribution in [3.8, 4) is 5.75 Å². The fourth-order valence-electron chi connectivity index (χ4n) is 1.62. The van der Waals surface area contributed by atoms with Crippen molar-refractivity contribution in [2.24, 2.45) is 5.10 Å². The Hall–Kier alpha value is -1.66. The van der Waals surface area contributed by atoms with E-state index in [9.17, 15) is 4.79 Å². The first kappa shape index (κ1) is 16.7. The molecule has 0 aliphatic heterocycles. The molecule has 114 valence electrons. The Kier molecular flexibility index (Phi) is 6.15. The van der Waals surface area contributed by atoms with Gasteiger partial charge >= 0.3 is 0 Å². The molecule has 6 heteroatoms. The number of hydrazone groups is 1. The van der Waals surface area contributed by atoms with E-state index < -0.39 is 0 Å². The summed E-state index contributed by atoms with van der Waals surface area (Å²) in [6.07, 6.45) is 1.58. The molecule has 1 amide bonds. The molecule has 2 aromatic rings. The second-order valence-electron chi connectivity index (χ2n) is 4.54. The van der Waals surface area contributed by atoms with Crippen LogP contribution in [0.25, 0.3) is 0 Å². The first-order chi connectivity index (χ1) is 10.5. The summed E-state index contributed by atoms with van der Waals surface area (Å²) in [6, 6.07) is 13.1. The van der Waals surface area contributed by atoms with Crippen LogP contribution in [0.2, 0.25) is 0 Å². The highest BCUT2D eigenvalue weighted by atomic mass is 79.9. The van der Waals surface area contributed by atoms with Crippen molar-refractivity contribution in [2.45, 2.75) is 6.92 Å². The normalized spacial score (nSPS) is 10.7. The van der Waals surface area contributed by atoms with E-state index in [2.05, 4.69) is 42.4 Å². The van der Waals surface area contributed by atoms with Gasteiger partial charge in [-0.3, -0.25) is 4.79 Å². The standard InChI is InChI=1S/C16H14Br2N2O2/c1-11-8-14(6-7-15(11)18)22-10-16(21)20-19-9-12-2-4-13(17)5-3-12/h2-9H,10H2,1H3,(H,20,21). The molecule has 2 aromatic carbocycles. The molecule has 0 fully saturated rings. The highest BCUT2D eigenvalue weighted by Gasteiger charge is 2.03. The predicted molar refractivity (Wildman–Crippen MR) is 94.3 cm³/mol. The fourth-order valence-corrected chi connectivity index (χ4v) is 2.13. The molecular weight excluding hydrogens is 412 g/mol. The van der Waals surface area contributed by atoms with Gasteiger partial charge in [-0.15, -0.1) is 0 Å². The molecule has 22 heavy (non-hydrogen) atoms. The highest BCUT2D eigenvalue weighted by Crippen LogP contribution is 2.21. The van der Waals surface area contributed by atoms with Gasteiger partial charge in [-0.25, -0.2) is 5.43 Å². The lowest BCUT2D eigenvalue weighted by Gasteiger charge is -2.06. The molecule has 0 spiro atoms. The number of ether oxygens (including phenoxy) is 1.